The first-order valence-corrected chi connectivity index (χ1v) is 11.3. The van der Waals surface area contributed by atoms with Crippen molar-refractivity contribution in [2.75, 3.05) is 24.2 Å². The number of methoxy groups -OCH3 is 2. The summed E-state index contributed by atoms with van der Waals surface area (Å²) in [4.78, 5) is 47.0. The Morgan fingerprint density at radius 1 is 0.917 bits per heavy atom. The normalized spacial score (nSPS) is 21.0. The molecule has 2 fully saturated rings. The van der Waals surface area contributed by atoms with Crippen LogP contribution in [-0.2, 0) is 14.4 Å². The van der Waals surface area contributed by atoms with Crippen LogP contribution in [0, 0.1) is 12.8 Å². The van der Waals surface area contributed by atoms with E-state index in [1.165, 1.54) is 19.3 Å². The topological polar surface area (TPSA) is 106 Å². The molecule has 3 unspecified atom stereocenters. The molecular weight excluding hydrogens is 464 g/mol. The summed E-state index contributed by atoms with van der Waals surface area (Å²) in [6.07, 6.45) is -1.13. The fraction of sp³-hybridized carbons (Fsp3) is 0.222. The number of ether oxygens (including phenoxy) is 2. The summed E-state index contributed by atoms with van der Waals surface area (Å²) in [6, 6.07) is 18.2. The fourth-order valence-corrected chi connectivity index (χ4v) is 4.96. The number of rotatable bonds is 6. The molecule has 2 heterocycles. The van der Waals surface area contributed by atoms with Crippen LogP contribution in [0.1, 0.15) is 27.5 Å². The lowest BCUT2D eigenvalue weighted by Gasteiger charge is -2.30. The zero-order valence-corrected chi connectivity index (χ0v) is 19.9. The number of para-hydroxylation sites is 1. The number of carboxylic acids is 1. The molecular formula is C27H24N2O7. The highest BCUT2D eigenvalue weighted by Gasteiger charge is 2.61. The highest BCUT2D eigenvalue weighted by atomic mass is 16.7. The third kappa shape index (κ3) is 3.56. The van der Waals surface area contributed by atoms with Gasteiger partial charge >= 0.3 is 5.97 Å². The third-order valence-corrected chi connectivity index (χ3v) is 6.50. The van der Waals surface area contributed by atoms with Gasteiger partial charge in [0.1, 0.15) is 11.5 Å². The fourth-order valence-electron chi connectivity index (χ4n) is 4.96. The minimum Gasteiger partial charge on any atom is -0.493 e. The number of imide groups is 1. The lowest BCUT2D eigenvalue weighted by molar-refractivity contribution is -0.126. The van der Waals surface area contributed by atoms with Crippen molar-refractivity contribution in [3.05, 3.63) is 83.4 Å². The number of aromatic carboxylic acids is 1. The van der Waals surface area contributed by atoms with Crippen molar-refractivity contribution in [3.63, 3.8) is 0 Å². The van der Waals surface area contributed by atoms with E-state index in [4.69, 9.17) is 14.3 Å². The molecule has 2 aliphatic rings. The molecule has 2 aliphatic heterocycles. The highest BCUT2D eigenvalue weighted by Crippen LogP contribution is 2.50. The lowest BCUT2D eigenvalue weighted by Crippen LogP contribution is -2.37. The van der Waals surface area contributed by atoms with E-state index >= 15 is 0 Å². The van der Waals surface area contributed by atoms with Crippen LogP contribution in [0.15, 0.2) is 66.7 Å². The van der Waals surface area contributed by atoms with Crippen molar-refractivity contribution in [3.8, 4) is 11.5 Å². The molecule has 184 valence electrons. The number of hydrogen-bond donors (Lipinski definition) is 1. The van der Waals surface area contributed by atoms with Gasteiger partial charge in [-0.25, -0.2) is 14.8 Å². The number of fused-ring (bicyclic) bond motifs is 1. The molecule has 0 saturated carbocycles. The number of amides is 2. The van der Waals surface area contributed by atoms with E-state index < -0.39 is 35.8 Å². The summed E-state index contributed by atoms with van der Waals surface area (Å²) in [5.74, 6) is -2.97. The van der Waals surface area contributed by atoms with Crippen molar-refractivity contribution >= 4 is 29.2 Å². The van der Waals surface area contributed by atoms with Gasteiger partial charge in [0, 0.05) is 0 Å². The Hall–Kier alpha value is -4.37. The lowest BCUT2D eigenvalue weighted by atomic mass is 9.87. The number of aryl methyl sites for hydroxylation is 1. The Balaban J connectivity index is 1.69. The van der Waals surface area contributed by atoms with Gasteiger partial charge in [0.2, 0.25) is 5.91 Å². The van der Waals surface area contributed by atoms with Gasteiger partial charge in [-0.2, -0.15) is 0 Å². The molecule has 3 aromatic carbocycles. The Morgan fingerprint density at radius 3 is 2.28 bits per heavy atom. The zero-order chi connectivity index (χ0) is 25.6. The first-order valence-electron chi connectivity index (χ1n) is 11.3. The van der Waals surface area contributed by atoms with Crippen molar-refractivity contribution in [2.45, 2.75) is 19.1 Å². The monoisotopic (exact) mass is 488 g/mol. The van der Waals surface area contributed by atoms with Crippen LogP contribution in [0.3, 0.4) is 0 Å². The molecule has 0 bridgehead atoms. The van der Waals surface area contributed by atoms with E-state index in [1.54, 1.807) is 54.6 Å². The number of hydrogen-bond acceptors (Lipinski definition) is 7. The Bertz CT molecular complexity index is 1360. The van der Waals surface area contributed by atoms with E-state index in [9.17, 15) is 19.5 Å². The predicted molar refractivity (Wildman–Crippen MR) is 130 cm³/mol. The third-order valence-electron chi connectivity index (χ3n) is 6.50. The van der Waals surface area contributed by atoms with Gasteiger partial charge in [-0.15, -0.1) is 0 Å². The number of hydroxylamine groups is 1. The number of carboxylic acid groups (broad SMARTS) is 1. The van der Waals surface area contributed by atoms with Crippen molar-refractivity contribution < 1.29 is 33.8 Å². The maximum atomic E-state index is 13.8. The molecule has 2 amide bonds. The maximum absolute atomic E-state index is 13.8. The van der Waals surface area contributed by atoms with E-state index in [-0.39, 0.29) is 22.6 Å². The Morgan fingerprint density at radius 2 is 1.64 bits per heavy atom. The molecule has 36 heavy (non-hydrogen) atoms. The van der Waals surface area contributed by atoms with Crippen LogP contribution in [0.25, 0.3) is 0 Å². The number of nitrogens with zero attached hydrogens (tertiary/aromatic N) is 2. The van der Waals surface area contributed by atoms with Crippen LogP contribution < -0.4 is 19.4 Å². The van der Waals surface area contributed by atoms with Crippen LogP contribution in [0.4, 0.5) is 11.4 Å². The summed E-state index contributed by atoms with van der Waals surface area (Å²) in [7, 11) is 2.76. The van der Waals surface area contributed by atoms with Crippen LogP contribution >= 0.6 is 0 Å². The number of carbonyl (C=O) groups is 3. The first-order chi connectivity index (χ1) is 17.4. The summed E-state index contributed by atoms with van der Waals surface area (Å²) in [6.45, 7) is 1.87. The maximum Gasteiger partial charge on any atom is 0.339 e. The van der Waals surface area contributed by atoms with E-state index in [1.807, 2.05) is 19.1 Å². The van der Waals surface area contributed by atoms with Crippen molar-refractivity contribution in [1.29, 1.82) is 0 Å². The van der Waals surface area contributed by atoms with Crippen molar-refractivity contribution in [2.24, 2.45) is 5.92 Å². The van der Waals surface area contributed by atoms with Gasteiger partial charge in [-0.05, 0) is 48.4 Å². The van der Waals surface area contributed by atoms with Crippen LogP contribution in [0.5, 0.6) is 11.5 Å². The molecule has 2 saturated heterocycles. The van der Waals surface area contributed by atoms with Crippen molar-refractivity contribution in [1.82, 2.24) is 0 Å². The molecule has 3 atom stereocenters. The summed E-state index contributed by atoms with van der Waals surface area (Å²) >= 11 is 0. The van der Waals surface area contributed by atoms with Gasteiger partial charge in [-0.1, -0.05) is 36.4 Å². The van der Waals surface area contributed by atoms with Crippen LogP contribution in [0.2, 0.25) is 0 Å². The zero-order valence-electron chi connectivity index (χ0n) is 19.9. The van der Waals surface area contributed by atoms with Gasteiger partial charge in [-0.3, -0.25) is 14.4 Å². The molecule has 0 spiro atoms. The standard InChI is InChI=1S/C27H24N2O7/c1-15-8-7-11-17(14-15)28-25(30)21-22(18-12-13-19(34-2)23(35-3)20(18)27(32)33)29(36-24(21)26(28)31)16-9-5-4-6-10-16/h4-14,21-22,24H,1-3H3,(H,32,33). The molecule has 1 N–H and O–H groups in total. The van der Waals surface area contributed by atoms with Crippen LogP contribution in [-0.4, -0.2) is 43.2 Å². The van der Waals surface area contributed by atoms with Gasteiger partial charge < -0.3 is 14.6 Å². The molecule has 0 aliphatic carbocycles. The summed E-state index contributed by atoms with van der Waals surface area (Å²) in [5, 5.41) is 11.6. The number of benzene rings is 3. The average Bonchev–Trinajstić information content (AvgIpc) is 3.39. The Kier molecular flexibility index (Phi) is 5.85. The molecule has 9 nitrogen and oxygen atoms in total. The Labute approximate surface area is 207 Å². The average molecular weight is 488 g/mol. The summed E-state index contributed by atoms with van der Waals surface area (Å²) < 4.78 is 10.7. The molecule has 5 rings (SSSR count). The first kappa shape index (κ1) is 23.4. The highest BCUT2D eigenvalue weighted by molar-refractivity contribution is 6.24. The number of anilines is 2. The van der Waals surface area contributed by atoms with Gasteiger partial charge in [0.05, 0.1) is 31.6 Å². The predicted octanol–water partition coefficient (Wildman–Crippen LogP) is 3.76. The second-order valence-corrected chi connectivity index (χ2v) is 8.58. The minimum atomic E-state index is -1.26. The molecule has 9 heteroatoms. The van der Waals surface area contributed by atoms with Gasteiger partial charge in [0.25, 0.3) is 5.91 Å². The van der Waals surface area contributed by atoms with E-state index in [0.717, 1.165) is 10.5 Å². The second kappa shape index (κ2) is 9.01. The second-order valence-electron chi connectivity index (χ2n) is 8.58. The minimum absolute atomic E-state index is 0.0197. The summed E-state index contributed by atoms with van der Waals surface area (Å²) in [5.41, 5.74) is 2.01. The molecule has 0 radical (unpaired) electrons. The van der Waals surface area contributed by atoms with E-state index in [2.05, 4.69) is 0 Å². The smallest absolute Gasteiger partial charge is 0.339 e. The number of carbonyl (C=O) groups excluding carboxylic acids is 2. The quantitative estimate of drug-likeness (QED) is 0.523. The van der Waals surface area contributed by atoms with E-state index in [0.29, 0.717) is 11.4 Å². The molecule has 0 aromatic heterocycles. The molecule has 3 aromatic rings. The SMILES string of the molecule is COc1ccc(C2C3C(=O)N(c4cccc(C)c4)C(=O)C3ON2c2ccccc2)c(C(=O)O)c1OC. The van der Waals surface area contributed by atoms with Gasteiger partial charge in [0.15, 0.2) is 17.6 Å². The largest absolute Gasteiger partial charge is 0.493 e.